The van der Waals surface area contributed by atoms with Crippen LogP contribution in [-0.4, -0.2) is 58.9 Å². The number of fused-ring (bicyclic) bond motifs is 6. The van der Waals surface area contributed by atoms with Crippen LogP contribution in [-0.2, 0) is 36.8 Å². The van der Waals surface area contributed by atoms with E-state index in [4.69, 9.17) is 38.9 Å². The van der Waals surface area contributed by atoms with Crippen molar-refractivity contribution in [3.8, 4) is 34.5 Å². The number of alkyl carbamates (subject to hydrolysis) is 1. The molecular weight excluding hydrogens is 903 g/mol. The van der Waals surface area contributed by atoms with Crippen molar-refractivity contribution in [2.75, 3.05) is 0 Å². The molecule has 4 unspecified atom stereocenters. The van der Waals surface area contributed by atoms with E-state index < -0.39 is 53.3 Å². The lowest BCUT2D eigenvalue weighted by Crippen LogP contribution is -3.00. The fourth-order valence-electron chi connectivity index (χ4n) is 7.63. The molecular formula is C51H67Cl2N2O12-. The van der Waals surface area contributed by atoms with Gasteiger partial charge in [0.25, 0.3) is 0 Å². The van der Waals surface area contributed by atoms with E-state index in [0.29, 0.717) is 53.5 Å². The van der Waals surface area contributed by atoms with Crippen LogP contribution in [0.1, 0.15) is 127 Å². The van der Waals surface area contributed by atoms with Crippen molar-refractivity contribution in [3.63, 3.8) is 0 Å². The molecule has 4 aromatic carbocycles. The molecule has 6 rings (SSSR count). The molecule has 0 saturated heterocycles. The third-order valence-electron chi connectivity index (χ3n) is 11.6. The molecule has 4 atom stereocenters. The Morgan fingerprint density at radius 1 is 0.657 bits per heavy atom. The van der Waals surface area contributed by atoms with E-state index in [1.54, 1.807) is 26.8 Å². The van der Waals surface area contributed by atoms with Gasteiger partial charge in [-0.05, 0) is 86.0 Å². The number of benzene rings is 4. The largest absolute Gasteiger partial charge is 1.00 e. The zero-order valence-corrected chi connectivity index (χ0v) is 42.5. The fourth-order valence-corrected chi connectivity index (χ4v) is 7.63. The number of carbonyl (C=O) groups excluding carboxylic acids is 5. The van der Waals surface area contributed by atoms with Gasteiger partial charge in [0.05, 0.1) is 0 Å². The second-order valence-electron chi connectivity index (χ2n) is 19.2. The smallest absolute Gasteiger partial charge is 0.408 e. The molecule has 0 aromatic heterocycles. The molecule has 14 nitrogen and oxygen atoms in total. The van der Waals surface area contributed by atoms with E-state index in [-0.39, 0.29) is 65.2 Å². The van der Waals surface area contributed by atoms with Crippen molar-refractivity contribution in [2.24, 2.45) is 17.6 Å². The van der Waals surface area contributed by atoms with Crippen LogP contribution in [0.15, 0.2) is 48.5 Å². The molecule has 0 aliphatic carbocycles. The van der Waals surface area contributed by atoms with Crippen LogP contribution in [0.25, 0.3) is 21.5 Å². The number of ether oxygens (including phenoxy) is 7. The van der Waals surface area contributed by atoms with Crippen molar-refractivity contribution in [3.05, 3.63) is 59.7 Å². The first-order valence-electron chi connectivity index (χ1n) is 22.4. The second kappa shape index (κ2) is 22.7. The highest BCUT2D eigenvalue weighted by Crippen LogP contribution is 2.52. The minimum Gasteiger partial charge on any atom is -1.00 e. The van der Waals surface area contributed by atoms with E-state index in [2.05, 4.69) is 5.32 Å². The SMILES string of the molecule is CCC(C)C(N)C(=O)Oc1c(OC(C)=O)c2c(c3ccccc13)OC(C)(C)CC2.CCC(C)C(NC(=O)OC(C)(C)C)C(=O)Oc1c(OC(C)=O)c2c(c3ccccc13)OC(C)(C)CC2.Cl.[Cl-]. The minimum atomic E-state index is -0.972. The third-order valence-corrected chi connectivity index (χ3v) is 11.6. The van der Waals surface area contributed by atoms with Crippen LogP contribution in [0.5, 0.6) is 34.5 Å². The lowest BCUT2D eigenvalue weighted by atomic mass is 9.91. The molecule has 67 heavy (non-hydrogen) atoms. The number of carbonyl (C=O) groups is 5. The molecule has 2 aliphatic heterocycles. The Morgan fingerprint density at radius 2 is 1.04 bits per heavy atom. The normalized spacial score (nSPS) is 16.1. The molecule has 3 N–H and O–H groups in total. The van der Waals surface area contributed by atoms with Crippen LogP contribution in [0.3, 0.4) is 0 Å². The van der Waals surface area contributed by atoms with Crippen molar-refractivity contribution in [1.82, 2.24) is 5.32 Å². The average Bonchev–Trinajstić information content (AvgIpc) is 3.22. The zero-order chi connectivity index (χ0) is 48.2. The van der Waals surface area contributed by atoms with Gasteiger partial charge in [0, 0.05) is 46.5 Å². The molecule has 4 aromatic rings. The van der Waals surface area contributed by atoms with Gasteiger partial charge in [0.15, 0.2) is 23.0 Å². The third kappa shape index (κ3) is 13.7. The van der Waals surface area contributed by atoms with Crippen LogP contribution in [0, 0.1) is 11.8 Å². The Morgan fingerprint density at radius 3 is 1.42 bits per heavy atom. The summed E-state index contributed by atoms with van der Waals surface area (Å²) >= 11 is 0. The van der Waals surface area contributed by atoms with Crippen molar-refractivity contribution < 1.29 is 69.5 Å². The topological polar surface area (TPSA) is 188 Å². The van der Waals surface area contributed by atoms with Gasteiger partial charge in [0.1, 0.15) is 40.4 Å². The Bertz CT molecular complexity index is 2460. The molecule has 0 fully saturated rings. The predicted octanol–water partition coefficient (Wildman–Crippen LogP) is 7.29. The van der Waals surface area contributed by atoms with Gasteiger partial charge in [-0.15, -0.1) is 12.4 Å². The molecule has 2 heterocycles. The van der Waals surface area contributed by atoms with Gasteiger partial charge in [-0.3, -0.25) is 9.59 Å². The quantitative estimate of drug-likeness (QED) is 0.113. The Hall–Kier alpha value is -5.31. The van der Waals surface area contributed by atoms with Crippen LogP contribution >= 0.6 is 12.4 Å². The molecule has 2 aliphatic rings. The number of hydrogen-bond acceptors (Lipinski definition) is 13. The lowest BCUT2D eigenvalue weighted by molar-refractivity contribution is -0.139. The lowest BCUT2D eigenvalue weighted by Gasteiger charge is -2.34. The monoisotopic (exact) mass is 969 g/mol. The van der Waals surface area contributed by atoms with Crippen LogP contribution in [0.2, 0.25) is 0 Å². The summed E-state index contributed by atoms with van der Waals surface area (Å²) in [5.74, 6) is -0.484. The summed E-state index contributed by atoms with van der Waals surface area (Å²) in [6.07, 6.45) is 3.29. The maximum atomic E-state index is 13.5. The summed E-state index contributed by atoms with van der Waals surface area (Å²) in [7, 11) is 0. The molecule has 1 amide bonds. The first kappa shape index (κ1) is 56.0. The summed E-state index contributed by atoms with van der Waals surface area (Å²) in [6.45, 7) is 23.5. The number of halogens is 2. The fraction of sp³-hybridized carbons (Fsp3) is 0.510. The molecule has 16 heteroatoms. The summed E-state index contributed by atoms with van der Waals surface area (Å²) in [5, 5.41) is 5.43. The maximum Gasteiger partial charge on any atom is 0.408 e. The van der Waals surface area contributed by atoms with E-state index in [1.165, 1.54) is 13.8 Å². The first-order valence-corrected chi connectivity index (χ1v) is 22.4. The van der Waals surface area contributed by atoms with Crippen LogP contribution < -0.4 is 51.9 Å². The number of amides is 1. The number of nitrogens with one attached hydrogen (secondary N) is 1. The number of hydrogen-bond donors (Lipinski definition) is 2. The number of nitrogens with two attached hydrogens (primary N) is 1. The van der Waals surface area contributed by atoms with E-state index in [1.807, 2.05) is 97.9 Å². The summed E-state index contributed by atoms with van der Waals surface area (Å²) in [5.41, 5.74) is 6.02. The molecule has 0 saturated carbocycles. The van der Waals surface area contributed by atoms with Crippen LogP contribution in [0.4, 0.5) is 4.79 Å². The van der Waals surface area contributed by atoms with Crippen molar-refractivity contribution in [2.45, 2.75) is 157 Å². The summed E-state index contributed by atoms with van der Waals surface area (Å²) in [4.78, 5) is 62.7. The Kier molecular flexibility index (Phi) is 18.9. The highest BCUT2D eigenvalue weighted by Gasteiger charge is 2.37. The Balaban J connectivity index is 0.000000352. The van der Waals surface area contributed by atoms with Gasteiger partial charge in [-0.2, -0.15) is 0 Å². The maximum absolute atomic E-state index is 13.5. The van der Waals surface area contributed by atoms with Gasteiger partial charge in [-0.25, -0.2) is 14.4 Å². The molecule has 368 valence electrons. The van der Waals surface area contributed by atoms with Crippen molar-refractivity contribution >= 4 is 63.9 Å². The van der Waals surface area contributed by atoms with Gasteiger partial charge < -0.3 is 56.6 Å². The second-order valence-corrected chi connectivity index (χ2v) is 19.2. The average molecular weight is 971 g/mol. The van der Waals surface area contributed by atoms with E-state index >= 15 is 0 Å². The first-order chi connectivity index (χ1) is 30.4. The predicted molar refractivity (Wildman–Crippen MR) is 255 cm³/mol. The highest BCUT2D eigenvalue weighted by molar-refractivity contribution is 6.01. The summed E-state index contributed by atoms with van der Waals surface area (Å²) < 4.78 is 40.8. The molecule has 0 radical (unpaired) electrons. The van der Waals surface area contributed by atoms with E-state index in [0.717, 1.165) is 29.2 Å². The Labute approximate surface area is 406 Å². The standard InChI is InChI=1S/C28H37NO7.C23H29NO5.2ClH/c1-9-16(2)21(29-26(32)36-27(4,5)6)25(31)34-23-19-13-11-10-12-18(19)22-20(24(23)33-17(3)30)14-15-28(7,8)35-22;1-6-13(2)18(24)22(26)28-20-16-10-8-7-9-15(16)19-17(21(20)27-14(3)25)11-12-23(4,5)29-19;;/h10-13,16,21H,9,14-15H2,1-8H3,(H,29,32);7-10,13,18H,6,11-12,24H2,1-5H3;2*1H/p-1. The molecule has 0 spiro atoms. The summed E-state index contributed by atoms with van der Waals surface area (Å²) in [6, 6.07) is 13.1. The molecule has 0 bridgehead atoms. The van der Waals surface area contributed by atoms with Gasteiger partial charge in [0.2, 0.25) is 0 Å². The van der Waals surface area contributed by atoms with E-state index in [9.17, 15) is 24.0 Å². The number of rotatable bonds is 11. The minimum absolute atomic E-state index is 0. The zero-order valence-electron chi connectivity index (χ0n) is 40.9. The van der Waals surface area contributed by atoms with Crippen molar-refractivity contribution in [1.29, 1.82) is 0 Å². The number of esters is 4. The highest BCUT2D eigenvalue weighted by atomic mass is 35.5. The van der Waals surface area contributed by atoms with Gasteiger partial charge in [-0.1, -0.05) is 89.1 Å². The van der Waals surface area contributed by atoms with Gasteiger partial charge >= 0.3 is 30.0 Å².